The van der Waals surface area contributed by atoms with Gasteiger partial charge in [-0.25, -0.2) is 4.79 Å². The van der Waals surface area contributed by atoms with Gasteiger partial charge in [0.05, 0.1) is 12.5 Å². The van der Waals surface area contributed by atoms with Gasteiger partial charge in [-0.05, 0) is 36.3 Å². The molecule has 30 heavy (non-hydrogen) atoms. The Hall–Kier alpha value is -3.79. The summed E-state index contributed by atoms with van der Waals surface area (Å²) in [6.45, 7) is 2.57. The van der Waals surface area contributed by atoms with Crippen molar-refractivity contribution in [1.82, 2.24) is 0 Å². The molecule has 1 heterocycles. The van der Waals surface area contributed by atoms with E-state index in [1.807, 2.05) is 37.3 Å². The zero-order valence-electron chi connectivity index (χ0n) is 16.7. The van der Waals surface area contributed by atoms with E-state index in [1.165, 1.54) is 11.0 Å². The summed E-state index contributed by atoms with van der Waals surface area (Å²) in [6, 6.07) is 14.8. The Bertz CT molecular complexity index is 993. The van der Waals surface area contributed by atoms with Crippen LogP contribution in [-0.4, -0.2) is 38.2 Å². The van der Waals surface area contributed by atoms with Crippen molar-refractivity contribution in [3.05, 3.63) is 59.7 Å². The molecule has 3 rings (SSSR count). The Morgan fingerprint density at radius 2 is 1.93 bits per heavy atom. The van der Waals surface area contributed by atoms with E-state index in [-0.39, 0.29) is 13.0 Å². The molecule has 0 aromatic heterocycles. The summed E-state index contributed by atoms with van der Waals surface area (Å²) >= 11 is 0. The van der Waals surface area contributed by atoms with Crippen molar-refractivity contribution < 1.29 is 23.8 Å². The maximum Gasteiger partial charge on any atom is 0.331 e. The van der Waals surface area contributed by atoms with Crippen molar-refractivity contribution in [1.29, 1.82) is 5.26 Å². The average molecular weight is 406 g/mol. The Labute approximate surface area is 175 Å². The highest BCUT2D eigenvalue weighted by molar-refractivity contribution is 5.96. The normalized spacial score (nSPS) is 12.3. The quantitative estimate of drug-likeness (QED) is 0.518. The summed E-state index contributed by atoms with van der Waals surface area (Å²) in [4.78, 5) is 26.1. The van der Waals surface area contributed by atoms with Crippen LogP contribution in [-0.2, 0) is 14.3 Å². The van der Waals surface area contributed by atoms with Gasteiger partial charge in [0.15, 0.2) is 18.1 Å². The number of rotatable bonds is 7. The SMILES string of the molecule is Cc1ccccc1/C=C/C(=O)OCC(=O)N(CCC#N)c1ccc2c(c1)OCCO2. The van der Waals surface area contributed by atoms with E-state index in [0.29, 0.717) is 30.4 Å². The van der Waals surface area contributed by atoms with E-state index in [2.05, 4.69) is 0 Å². The van der Waals surface area contributed by atoms with E-state index in [4.69, 9.17) is 19.5 Å². The summed E-state index contributed by atoms with van der Waals surface area (Å²) < 4.78 is 16.2. The molecule has 2 aromatic rings. The number of anilines is 1. The van der Waals surface area contributed by atoms with E-state index in [9.17, 15) is 9.59 Å². The Morgan fingerprint density at radius 3 is 2.70 bits per heavy atom. The first-order chi connectivity index (χ1) is 14.6. The predicted molar refractivity (Wildman–Crippen MR) is 111 cm³/mol. The van der Waals surface area contributed by atoms with Crippen LogP contribution in [0.3, 0.4) is 0 Å². The van der Waals surface area contributed by atoms with Gasteiger partial charge in [0, 0.05) is 24.4 Å². The van der Waals surface area contributed by atoms with E-state index in [0.717, 1.165) is 11.1 Å². The lowest BCUT2D eigenvalue weighted by atomic mass is 10.1. The molecule has 0 atom stereocenters. The number of hydrogen-bond acceptors (Lipinski definition) is 6. The number of hydrogen-bond donors (Lipinski definition) is 0. The molecular weight excluding hydrogens is 384 g/mol. The molecule has 154 valence electrons. The topological polar surface area (TPSA) is 88.9 Å². The first-order valence-electron chi connectivity index (χ1n) is 9.56. The second kappa shape index (κ2) is 10.1. The number of fused-ring (bicyclic) bond motifs is 1. The van der Waals surface area contributed by atoms with Crippen molar-refractivity contribution in [3.63, 3.8) is 0 Å². The number of benzene rings is 2. The van der Waals surface area contributed by atoms with Gasteiger partial charge in [0.25, 0.3) is 5.91 Å². The van der Waals surface area contributed by atoms with Crippen LogP contribution in [0, 0.1) is 18.3 Å². The number of nitriles is 1. The molecule has 0 bridgehead atoms. The molecule has 7 heteroatoms. The van der Waals surface area contributed by atoms with Gasteiger partial charge in [-0.2, -0.15) is 5.26 Å². The van der Waals surface area contributed by atoms with Crippen LogP contribution in [0.1, 0.15) is 17.5 Å². The lowest BCUT2D eigenvalue weighted by Gasteiger charge is -2.24. The summed E-state index contributed by atoms with van der Waals surface area (Å²) in [5, 5.41) is 8.93. The number of esters is 1. The van der Waals surface area contributed by atoms with E-state index >= 15 is 0 Å². The van der Waals surface area contributed by atoms with Crippen molar-refractivity contribution in [2.75, 3.05) is 31.3 Å². The zero-order chi connectivity index (χ0) is 21.3. The number of ether oxygens (including phenoxy) is 3. The highest BCUT2D eigenvalue weighted by atomic mass is 16.6. The van der Waals surface area contributed by atoms with E-state index < -0.39 is 18.5 Å². The summed E-state index contributed by atoms with van der Waals surface area (Å²) in [7, 11) is 0. The molecule has 0 aliphatic carbocycles. The minimum absolute atomic E-state index is 0.140. The lowest BCUT2D eigenvalue weighted by Crippen LogP contribution is -2.35. The molecule has 0 N–H and O–H groups in total. The number of carbonyl (C=O) groups excluding carboxylic acids is 2. The van der Waals surface area contributed by atoms with Crippen LogP contribution in [0.15, 0.2) is 48.5 Å². The molecular formula is C23H22N2O5. The molecule has 7 nitrogen and oxygen atoms in total. The van der Waals surface area contributed by atoms with Crippen LogP contribution < -0.4 is 14.4 Å². The summed E-state index contributed by atoms with van der Waals surface area (Å²) in [5.74, 6) is 0.0886. The number of nitrogens with zero attached hydrogens (tertiary/aromatic N) is 2. The van der Waals surface area contributed by atoms with Crippen LogP contribution in [0.2, 0.25) is 0 Å². The molecule has 0 fully saturated rings. The molecule has 2 aromatic carbocycles. The molecule has 1 amide bonds. The van der Waals surface area contributed by atoms with Crippen LogP contribution >= 0.6 is 0 Å². The number of aryl methyl sites for hydroxylation is 1. The first kappa shape index (κ1) is 20.9. The Morgan fingerprint density at radius 1 is 1.17 bits per heavy atom. The largest absolute Gasteiger partial charge is 0.486 e. The molecule has 0 spiro atoms. The number of amides is 1. The molecule has 1 aliphatic heterocycles. The number of carbonyl (C=O) groups is 2. The highest BCUT2D eigenvalue weighted by Gasteiger charge is 2.20. The molecule has 0 radical (unpaired) electrons. The van der Waals surface area contributed by atoms with Crippen molar-refractivity contribution in [2.24, 2.45) is 0 Å². The highest BCUT2D eigenvalue weighted by Crippen LogP contribution is 2.34. The smallest absolute Gasteiger partial charge is 0.331 e. The Kier molecular flexibility index (Phi) is 7.06. The average Bonchev–Trinajstić information content (AvgIpc) is 2.77. The van der Waals surface area contributed by atoms with Crippen molar-refractivity contribution >= 4 is 23.6 Å². The molecule has 0 unspecified atom stereocenters. The second-order valence-electron chi connectivity index (χ2n) is 6.58. The van der Waals surface area contributed by atoms with Gasteiger partial charge in [-0.1, -0.05) is 24.3 Å². The fourth-order valence-electron chi connectivity index (χ4n) is 2.95. The first-order valence-corrected chi connectivity index (χ1v) is 9.56. The van der Waals surface area contributed by atoms with Gasteiger partial charge in [0.1, 0.15) is 13.2 Å². The minimum atomic E-state index is -0.617. The third-order valence-corrected chi connectivity index (χ3v) is 4.51. The fourth-order valence-corrected chi connectivity index (χ4v) is 2.95. The van der Waals surface area contributed by atoms with Crippen molar-refractivity contribution in [2.45, 2.75) is 13.3 Å². The van der Waals surface area contributed by atoms with Gasteiger partial charge in [-0.3, -0.25) is 4.79 Å². The van der Waals surface area contributed by atoms with Gasteiger partial charge >= 0.3 is 5.97 Å². The third kappa shape index (κ3) is 5.39. The van der Waals surface area contributed by atoms with Crippen LogP contribution in [0.25, 0.3) is 6.08 Å². The van der Waals surface area contributed by atoms with Crippen LogP contribution in [0.4, 0.5) is 5.69 Å². The summed E-state index contributed by atoms with van der Waals surface area (Å²) in [6.07, 6.45) is 3.08. The Balaban J connectivity index is 1.65. The zero-order valence-corrected chi connectivity index (χ0v) is 16.7. The molecule has 0 saturated heterocycles. The molecule has 1 aliphatic rings. The standard InChI is InChI=1S/C23H22N2O5/c1-17-5-2-3-6-18(17)7-10-23(27)30-16-22(26)25(12-4-11-24)19-8-9-20-21(15-19)29-14-13-28-20/h2-3,5-10,15H,4,12-14,16H2,1H3/b10-7+. The van der Waals surface area contributed by atoms with Gasteiger partial charge in [0.2, 0.25) is 0 Å². The lowest BCUT2D eigenvalue weighted by molar-refractivity contribution is -0.142. The summed E-state index contributed by atoms with van der Waals surface area (Å²) in [5.41, 5.74) is 2.47. The van der Waals surface area contributed by atoms with Crippen LogP contribution in [0.5, 0.6) is 11.5 Å². The predicted octanol–water partition coefficient (Wildman–Crippen LogP) is 3.27. The fraction of sp³-hybridized carbons (Fsp3) is 0.261. The second-order valence-corrected chi connectivity index (χ2v) is 6.58. The maximum absolute atomic E-state index is 12.7. The minimum Gasteiger partial charge on any atom is -0.486 e. The van der Waals surface area contributed by atoms with Gasteiger partial charge in [-0.15, -0.1) is 0 Å². The van der Waals surface area contributed by atoms with Crippen molar-refractivity contribution in [3.8, 4) is 17.6 Å². The van der Waals surface area contributed by atoms with E-state index in [1.54, 1.807) is 24.3 Å². The van der Waals surface area contributed by atoms with Gasteiger partial charge < -0.3 is 19.1 Å². The third-order valence-electron chi connectivity index (χ3n) is 4.51. The molecule has 0 saturated carbocycles. The maximum atomic E-state index is 12.7. The monoisotopic (exact) mass is 406 g/mol.